The highest BCUT2D eigenvalue weighted by molar-refractivity contribution is 6.31. The molecule has 0 aromatic heterocycles. The molecule has 0 unspecified atom stereocenters. The summed E-state index contributed by atoms with van der Waals surface area (Å²) in [6, 6.07) is 14.1. The molecule has 0 saturated carbocycles. The Kier molecular flexibility index (Phi) is 5.31. The standard InChI is InChI=1S/C17H20ClNO/c1-3-10-20-17-7-5-4-6-14(17)12-19-15-9-8-13(2)16(18)11-15/h4-9,11,19H,3,10,12H2,1-2H3. The molecule has 2 aromatic carbocycles. The van der Waals surface area contributed by atoms with E-state index in [0.717, 1.165) is 47.2 Å². The summed E-state index contributed by atoms with van der Waals surface area (Å²) in [5.74, 6) is 0.944. The summed E-state index contributed by atoms with van der Waals surface area (Å²) >= 11 is 6.13. The van der Waals surface area contributed by atoms with Gasteiger partial charge in [-0.1, -0.05) is 42.8 Å². The molecule has 0 aliphatic heterocycles. The predicted molar refractivity (Wildman–Crippen MR) is 85.7 cm³/mol. The molecule has 2 nitrogen and oxygen atoms in total. The van der Waals surface area contributed by atoms with Crippen LogP contribution >= 0.6 is 11.6 Å². The number of hydrogen-bond acceptors (Lipinski definition) is 2. The van der Waals surface area contributed by atoms with Gasteiger partial charge in [-0.3, -0.25) is 0 Å². The Balaban J connectivity index is 2.04. The molecule has 0 amide bonds. The lowest BCUT2D eigenvalue weighted by atomic mass is 10.2. The Morgan fingerprint density at radius 1 is 1.15 bits per heavy atom. The van der Waals surface area contributed by atoms with E-state index >= 15 is 0 Å². The number of benzene rings is 2. The van der Waals surface area contributed by atoms with Crippen molar-refractivity contribution in [3.63, 3.8) is 0 Å². The Bertz CT molecular complexity index is 569. The van der Waals surface area contributed by atoms with Crippen LogP contribution in [-0.2, 0) is 6.54 Å². The number of rotatable bonds is 6. The molecule has 0 saturated heterocycles. The molecule has 106 valence electrons. The van der Waals surface area contributed by atoms with Crippen molar-refractivity contribution in [1.82, 2.24) is 0 Å². The van der Waals surface area contributed by atoms with E-state index in [4.69, 9.17) is 16.3 Å². The number of aryl methyl sites for hydroxylation is 1. The van der Waals surface area contributed by atoms with Crippen LogP contribution in [0.3, 0.4) is 0 Å². The number of ether oxygens (including phenoxy) is 1. The second-order valence-corrected chi connectivity index (χ2v) is 5.18. The van der Waals surface area contributed by atoms with E-state index in [1.54, 1.807) is 0 Å². The lowest BCUT2D eigenvalue weighted by molar-refractivity contribution is 0.314. The molecule has 0 fully saturated rings. The predicted octanol–water partition coefficient (Wildman–Crippen LogP) is 5.05. The molecular formula is C17H20ClNO. The highest BCUT2D eigenvalue weighted by Gasteiger charge is 2.03. The summed E-state index contributed by atoms with van der Waals surface area (Å²) in [4.78, 5) is 0. The van der Waals surface area contributed by atoms with E-state index in [0.29, 0.717) is 0 Å². The van der Waals surface area contributed by atoms with Crippen LogP contribution in [0.5, 0.6) is 5.75 Å². The van der Waals surface area contributed by atoms with E-state index in [-0.39, 0.29) is 0 Å². The normalized spacial score (nSPS) is 10.3. The van der Waals surface area contributed by atoms with Crippen LogP contribution < -0.4 is 10.1 Å². The largest absolute Gasteiger partial charge is 0.493 e. The van der Waals surface area contributed by atoms with Crippen LogP contribution in [0.25, 0.3) is 0 Å². The zero-order valence-electron chi connectivity index (χ0n) is 11.9. The lowest BCUT2D eigenvalue weighted by Gasteiger charge is -2.12. The summed E-state index contributed by atoms with van der Waals surface area (Å²) < 4.78 is 5.75. The number of halogens is 1. The van der Waals surface area contributed by atoms with Gasteiger partial charge in [0.1, 0.15) is 5.75 Å². The summed E-state index contributed by atoms with van der Waals surface area (Å²) in [5, 5.41) is 4.16. The van der Waals surface area contributed by atoms with Crippen LogP contribution in [0.15, 0.2) is 42.5 Å². The van der Waals surface area contributed by atoms with Gasteiger partial charge in [0.2, 0.25) is 0 Å². The monoisotopic (exact) mass is 289 g/mol. The maximum absolute atomic E-state index is 6.13. The van der Waals surface area contributed by atoms with E-state index in [2.05, 4.69) is 18.3 Å². The second kappa shape index (κ2) is 7.20. The summed E-state index contributed by atoms with van der Waals surface area (Å²) in [7, 11) is 0. The average Bonchev–Trinajstić information content (AvgIpc) is 2.47. The van der Waals surface area contributed by atoms with Gasteiger partial charge in [-0.05, 0) is 37.1 Å². The zero-order chi connectivity index (χ0) is 14.4. The van der Waals surface area contributed by atoms with Gasteiger partial charge in [-0.25, -0.2) is 0 Å². The fraction of sp³-hybridized carbons (Fsp3) is 0.294. The van der Waals surface area contributed by atoms with Gasteiger partial charge in [0.05, 0.1) is 6.61 Å². The van der Waals surface area contributed by atoms with Crippen molar-refractivity contribution in [1.29, 1.82) is 0 Å². The lowest BCUT2D eigenvalue weighted by Crippen LogP contribution is -2.04. The fourth-order valence-corrected chi connectivity index (χ4v) is 2.08. The first-order valence-corrected chi connectivity index (χ1v) is 7.29. The highest BCUT2D eigenvalue weighted by atomic mass is 35.5. The minimum Gasteiger partial charge on any atom is -0.493 e. The third kappa shape index (κ3) is 3.91. The summed E-state index contributed by atoms with van der Waals surface area (Å²) in [6.45, 7) is 5.57. The van der Waals surface area contributed by atoms with Crippen molar-refractivity contribution in [2.45, 2.75) is 26.8 Å². The minimum absolute atomic E-state index is 0.722. The van der Waals surface area contributed by atoms with E-state index in [1.807, 2.05) is 43.3 Å². The Morgan fingerprint density at radius 3 is 2.70 bits per heavy atom. The molecule has 0 bridgehead atoms. The van der Waals surface area contributed by atoms with E-state index < -0.39 is 0 Å². The Morgan fingerprint density at radius 2 is 1.95 bits per heavy atom. The van der Waals surface area contributed by atoms with Gasteiger partial charge >= 0.3 is 0 Å². The van der Waals surface area contributed by atoms with Crippen molar-refractivity contribution >= 4 is 17.3 Å². The van der Waals surface area contributed by atoms with Crippen LogP contribution in [0.4, 0.5) is 5.69 Å². The van der Waals surface area contributed by atoms with Crippen LogP contribution in [0.1, 0.15) is 24.5 Å². The maximum Gasteiger partial charge on any atom is 0.124 e. The molecule has 0 aliphatic carbocycles. The number of anilines is 1. The average molecular weight is 290 g/mol. The zero-order valence-corrected chi connectivity index (χ0v) is 12.7. The van der Waals surface area contributed by atoms with Gasteiger partial charge < -0.3 is 10.1 Å². The quantitative estimate of drug-likeness (QED) is 0.803. The molecule has 20 heavy (non-hydrogen) atoms. The van der Waals surface area contributed by atoms with E-state index in [9.17, 15) is 0 Å². The van der Waals surface area contributed by atoms with Gasteiger partial charge in [0.25, 0.3) is 0 Å². The molecule has 3 heteroatoms. The number of para-hydroxylation sites is 1. The van der Waals surface area contributed by atoms with Gasteiger partial charge in [-0.2, -0.15) is 0 Å². The first kappa shape index (κ1) is 14.7. The molecule has 0 spiro atoms. The molecule has 0 heterocycles. The van der Waals surface area contributed by atoms with Crippen molar-refractivity contribution in [2.24, 2.45) is 0 Å². The van der Waals surface area contributed by atoms with Crippen LogP contribution in [0, 0.1) is 6.92 Å². The molecule has 0 aliphatic rings. The molecule has 2 aromatic rings. The molecule has 2 rings (SSSR count). The molecule has 1 N–H and O–H groups in total. The van der Waals surface area contributed by atoms with Crippen molar-refractivity contribution in [3.05, 3.63) is 58.6 Å². The second-order valence-electron chi connectivity index (χ2n) is 4.77. The van der Waals surface area contributed by atoms with Gasteiger partial charge in [0, 0.05) is 22.8 Å². The van der Waals surface area contributed by atoms with Crippen molar-refractivity contribution in [3.8, 4) is 5.75 Å². The first-order chi connectivity index (χ1) is 9.70. The van der Waals surface area contributed by atoms with Crippen LogP contribution in [-0.4, -0.2) is 6.61 Å². The molecular weight excluding hydrogens is 270 g/mol. The SMILES string of the molecule is CCCOc1ccccc1CNc1ccc(C)c(Cl)c1. The van der Waals surface area contributed by atoms with E-state index in [1.165, 1.54) is 0 Å². The number of nitrogens with one attached hydrogen (secondary N) is 1. The van der Waals surface area contributed by atoms with Crippen molar-refractivity contribution < 1.29 is 4.74 Å². The Labute approximate surface area is 125 Å². The smallest absolute Gasteiger partial charge is 0.124 e. The maximum atomic E-state index is 6.13. The molecule has 0 radical (unpaired) electrons. The fourth-order valence-electron chi connectivity index (χ4n) is 1.90. The van der Waals surface area contributed by atoms with Crippen molar-refractivity contribution in [2.75, 3.05) is 11.9 Å². The van der Waals surface area contributed by atoms with Gasteiger partial charge in [-0.15, -0.1) is 0 Å². The first-order valence-electron chi connectivity index (χ1n) is 6.91. The Hall–Kier alpha value is -1.67. The topological polar surface area (TPSA) is 21.3 Å². The van der Waals surface area contributed by atoms with Gasteiger partial charge in [0.15, 0.2) is 0 Å². The van der Waals surface area contributed by atoms with Crippen LogP contribution in [0.2, 0.25) is 5.02 Å². The minimum atomic E-state index is 0.722. The third-order valence-electron chi connectivity index (χ3n) is 3.09. The summed E-state index contributed by atoms with van der Waals surface area (Å²) in [5.41, 5.74) is 3.26. The highest BCUT2D eigenvalue weighted by Crippen LogP contribution is 2.23. The molecule has 0 atom stereocenters. The number of hydrogen-bond donors (Lipinski definition) is 1. The third-order valence-corrected chi connectivity index (χ3v) is 3.50. The summed E-state index contributed by atoms with van der Waals surface area (Å²) in [6.07, 6.45) is 1.01.